The van der Waals surface area contributed by atoms with Crippen molar-refractivity contribution in [2.45, 2.75) is 51.4 Å². The summed E-state index contributed by atoms with van der Waals surface area (Å²) in [7, 11) is 0. The largest absolute Gasteiger partial charge is 0.456 e. The quantitative estimate of drug-likeness (QED) is 0.182. The number of fused-ring (bicyclic) bond motifs is 10. The van der Waals surface area contributed by atoms with E-state index >= 15 is 0 Å². The van der Waals surface area contributed by atoms with Gasteiger partial charge in [0, 0.05) is 49.8 Å². The smallest absolute Gasteiger partial charge is 0.137 e. The summed E-state index contributed by atoms with van der Waals surface area (Å²) in [6.45, 7) is 9.63. The number of rotatable bonds is 3. The van der Waals surface area contributed by atoms with Gasteiger partial charge in [-0.3, -0.25) is 0 Å². The first kappa shape index (κ1) is 30.6. The Morgan fingerprint density at radius 3 is 1.53 bits per heavy atom. The molecule has 0 saturated heterocycles. The molecule has 11 rings (SSSR count). The Balaban J connectivity index is 1.07. The molecule has 1 aliphatic rings. The molecule has 3 aromatic heterocycles. The molecule has 0 amide bonds. The van der Waals surface area contributed by atoms with Gasteiger partial charge in [0.25, 0.3) is 0 Å². The van der Waals surface area contributed by atoms with Crippen LogP contribution in [-0.4, -0.2) is 9.13 Å². The van der Waals surface area contributed by atoms with Gasteiger partial charge >= 0.3 is 0 Å². The van der Waals surface area contributed by atoms with Crippen molar-refractivity contribution in [1.82, 2.24) is 9.13 Å². The van der Waals surface area contributed by atoms with Gasteiger partial charge in [-0.25, -0.2) is 0 Å². The van der Waals surface area contributed by atoms with Crippen molar-refractivity contribution in [3.63, 3.8) is 0 Å². The van der Waals surface area contributed by atoms with Crippen LogP contribution in [0.3, 0.4) is 0 Å². The lowest BCUT2D eigenvalue weighted by atomic mass is 9.63. The van der Waals surface area contributed by atoms with Crippen LogP contribution in [0.5, 0.6) is 0 Å². The van der Waals surface area contributed by atoms with E-state index in [2.05, 4.69) is 170 Å². The monoisotopic (exact) mass is 684 g/mol. The van der Waals surface area contributed by atoms with E-state index in [0.29, 0.717) is 0 Å². The van der Waals surface area contributed by atoms with Gasteiger partial charge in [-0.2, -0.15) is 0 Å². The minimum atomic E-state index is 0.148. The van der Waals surface area contributed by atoms with E-state index in [9.17, 15) is 0 Å². The van der Waals surface area contributed by atoms with Crippen LogP contribution < -0.4 is 0 Å². The van der Waals surface area contributed by atoms with Crippen molar-refractivity contribution in [3.8, 4) is 22.5 Å². The molecule has 0 fully saturated rings. The number of hydrogen-bond donors (Lipinski definition) is 0. The van der Waals surface area contributed by atoms with Crippen molar-refractivity contribution in [2.24, 2.45) is 0 Å². The van der Waals surface area contributed by atoms with E-state index in [1.807, 2.05) is 12.1 Å². The minimum Gasteiger partial charge on any atom is -0.456 e. The molecular weight excluding hydrogens is 645 g/mol. The van der Waals surface area contributed by atoms with Crippen LogP contribution in [0.2, 0.25) is 0 Å². The van der Waals surface area contributed by atoms with E-state index < -0.39 is 0 Å². The highest BCUT2D eigenvalue weighted by Gasteiger charge is 2.37. The van der Waals surface area contributed by atoms with E-state index in [4.69, 9.17) is 4.42 Å². The molecule has 0 bridgehead atoms. The molecule has 3 nitrogen and oxygen atoms in total. The molecule has 0 N–H and O–H groups in total. The van der Waals surface area contributed by atoms with Crippen molar-refractivity contribution in [1.29, 1.82) is 0 Å². The first-order chi connectivity index (χ1) is 25.7. The van der Waals surface area contributed by atoms with Crippen molar-refractivity contribution in [2.75, 3.05) is 0 Å². The van der Waals surface area contributed by atoms with Gasteiger partial charge in [0.15, 0.2) is 0 Å². The van der Waals surface area contributed by atoms with Gasteiger partial charge in [-0.1, -0.05) is 100 Å². The summed E-state index contributed by atoms with van der Waals surface area (Å²) in [5.74, 6) is 0. The summed E-state index contributed by atoms with van der Waals surface area (Å²) in [6, 6.07) is 53.7. The summed E-state index contributed by atoms with van der Waals surface area (Å²) in [5.41, 5.74) is 14.8. The Morgan fingerprint density at radius 1 is 0.396 bits per heavy atom. The number of para-hydroxylation sites is 3. The Morgan fingerprint density at radius 2 is 0.887 bits per heavy atom. The number of hydrogen-bond acceptors (Lipinski definition) is 1. The van der Waals surface area contributed by atoms with E-state index in [-0.39, 0.29) is 10.8 Å². The van der Waals surface area contributed by atoms with E-state index in [1.165, 1.54) is 84.4 Å². The summed E-state index contributed by atoms with van der Waals surface area (Å²) in [5, 5.41) is 7.33. The van der Waals surface area contributed by atoms with Crippen molar-refractivity contribution < 1.29 is 4.42 Å². The van der Waals surface area contributed by atoms with Crippen LogP contribution in [0, 0.1) is 0 Å². The van der Waals surface area contributed by atoms with E-state index in [1.54, 1.807) is 0 Å². The molecule has 10 aromatic rings. The number of aromatic nitrogens is 2. The fourth-order valence-electron chi connectivity index (χ4n) is 9.43. The predicted octanol–water partition coefficient (Wildman–Crippen LogP) is 13.8. The zero-order chi connectivity index (χ0) is 35.6. The minimum absolute atomic E-state index is 0.148. The topological polar surface area (TPSA) is 23.0 Å². The van der Waals surface area contributed by atoms with Gasteiger partial charge in [0.2, 0.25) is 0 Å². The van der Waals surface area contributed by atoms with Crippen molar-refractivity contribution >= 4 is 65.6 Å². The molecule has 53 heavy (non-hydrogen) atoms. The molecule has 3 heteroatoms. The number of benzene rings is 7. The molecule has 0 saturated carbocycles. The normalized spacial score (nSPS) is 15.3. The molecule has 0 aliphatic heterocycles. The van der Waals surface area contributed by atoms with Gasteiger partial charge in [-0.15, -0.1) is 0 Å². The lowest BCUT2D eigenvalue weighted by Crippen LogP contribution is -2.33. The fraction of sp³-hybridized carbons (Fsp3) is 0.160. The Bertz CT molecular complexity index is 3130. The molecule has 0 radical (unpaired) electrons. The third-order valence-corrected chi connectivity index (χ3v) is 12.4. The Labute approximate surface area is 308 Å². The molecule has 0 spiro atoms. The van der Waals surface area contributed by atoms with Gasteiger partial charge in [0.05, 0.1) is 22.1 Å². The maximum absolute atomic E-state index is 6.31. The third kappa shape index (κ3) is 4.40. The molecule has 1 aliphatic carbocycles. The number of nitrogens with zero attached hydrogens (tertiary/aromatic N) is 2. The standard InChI is InChI=1S/C50H40N2O/c1-49(2)25-26-50(3,4)42-29-33(20-22-41(42)49)51-43-14-8-5-11-35(43)39-27-31(17-23-45(39)51)32-18-24-46-40(28-32)36-12-6-9-15-44(36)52(46)34-19-21-38-37-13-7-10-16-47(37)53-48(38)30-34/h5-24,27-30H,25-26H2,1-4H3. The van der Waals surface area contributed by atoms with Gasteiger partial charge in [0.1, 0.15) is 11.2 Å². The molecule has 0 atom stereocenters. The molecule has 3 heterocycles. The van der Waals surface area contributed by atoms with Crippen molar-refractivity contribution in [3.05, 3.63) is 157 Å². The summed E-state index contributed by atoms with van der Waals surface area (Å²) < 4.78 is 11.2. The summed E-state index contributed by atoms with van der Waals surface area (Å²) in [6.07, 6.45) is 2.42. The Hall–Kier alpha value is -6.06. The molecular formula is C50H40N2O. The van der Waals surface area contributed by atoms with Crippen LogP contribution in [-0.2, 0) is 10.8 Å². The highest BCUT2D eigenvalue weighted by molar-refractivity contribution is 6.13. The summed E-state index contributed by atoms with van der Waals surface area (Å²) >= 11 is 0. The third-order valence-electron chi connectivity index (χ3n) is 12.4. The summed E-state index contributed by atoms with van der Waals surface area (Å²) in [4.78, 5) is 0. The average molecular weight is 685 g/mol. The lowest BCUT2D eigenvalue weighted by molar-refractivity contribution is 0.332. The van der Waals surface area contributed by atoms with Crippen LogP contribution in [0.25, 0.3) is 88.1 Å². The van der Waals surface area contributed by atoms with Crippen LogP contribution in [0.15, 0.2) is 150 Å². The van der Waals surface area contributed by atoms with Crippen LogP contribution in [0.4, 0.5) is 0 Å². The first-order valence-corrected chi connectivity index (χ1v) is 18.9. The fourth-order valence-corrected chi connectivity index (χ4v) is 9.43. The maximum Gasteiger partial charge on any atom is 0.137 e. The first-order valence-electron chi connectivity index (χ1n) is 18.9. The number of furan rings is 1. The highest BCUT2D eigenvalue weighted by Crippen LogP contribution is 2.47. The van der Waals surface area contributed by atoms with Crippen LogP contribution >= 0.6 is 0 Å². The molecule has 7 aromatic carbocycles. The van der Waals surface area contributed by atoms with Gasteiger partial charge < -0.3 is 13.6 Å². The average Bonchev–Trinajstić information content (AvgIpc) is 3.83. The predicted molar refractivity (Wildman–Crippen MR) is 223 cm³/mol. The highest BCUT2D eigenvalue weighted by atomic mass is 16.3. The zero-order valence-corrected chi connectivity index (χ0v) is 30.6. The second-order valence-electron chi connectivity index (χ2n) is 16.4. The molecule has 256 valence electrons. The van der Waals surface area contributed by atoms with E-state index in [0.717, 1.165) is 27.6 Å². The lowest BCUT2D eigenvalue weighted by Gasteiger charge is -2.42. The van der Waals surface area contributed by atoms with Gasteiger partial charge in [-0.05, 0) is 113 Å². The second kappa shape index (κ2) is 10.7. The Kier molecular flexibility index (Phi) is 6.19. The maximum atomic E-state index is 6.31. The van der Waals surface area contributed by atoms with Crippen LogP contribution in [0.1, 0.15) is 51.7 Å². The zero-order valence-electron chi connectivity index (χ0n) is 30.6. The SMILES string of the molecule is CC1(C)CCC(C)(C)c2cc(-n3c4ccccc4c4cc(-c5ccc6c(c5)c5ccccc5n6-c5ccc6c(c5)oc5ccccc56)ccc43)ccc21. The molecule has 0 unspecified atom stereocenters. The second-order valence-corrected chi connectivity index (χ2v) is 16.4.